The van der Waals surface area contributed by atoms with Gasteiger partial charge in [0.25, 0.3) is 0 Å². The Hall–Kier alpha value is -0.250. The average Bonchev–Trinajstić information content (AvgIpc) is 2.18. The molecule has 0 saturated carbocycles. The van der Waals surface area contributed by atoms with Crippen LogP contribution in [-0.2, 0) is 0 Å². The van der Waals surface area contributed by atoms with Gasteiger partial charge in [0.1, 0.15) is 0 Å². The summed E-state index contributed by atoms with van der Waals surface area (Å²) in [5.74, 6) is 0.774. The predicted molar refractivity (Wildman–Crippen MR) is 66.1 cm³/mol. The molecule has 1 N–H and O–H groups in total. The summed E-state index contributed by atoms with van der Waals surface area (Å²) in [4.78, 5) is 0. The van der Waals surface area contributed by atoms with E-state index in [2.05, 4.69) is 19.2 Å². The molecule has 0 bridgehead atoms. The van der Waals surface area contributed by atoms with Gasteiger partial charge in [-0.3, -0.25) is 0 Å². The van der Waals surface area contributed by atoms with Crippen LogP contribution in [0, 0.1) is 5.92 Å². The third kappa shape index (κ3) is 15.8. The number of hydrogen-bond donors (Lipinski definition) is 1. The molecule has 0 aliphatic heterocycles. The fraction of sp³-hybridized carbons (Fsp3) is 1.00. The highest BCUT2D eigenvalue weighted by Crippen LogP contribution is 2.20. The van der Waals surface area contributed by atoms with Crippen molar-refractivity contribution in [3.05, 3.63) is 0 Å². The third-order valence-corrected chi connectivity index (χ3v) is 2.70. The van der Waals surface area contributed by atoms with Crippen LogP contribution in [0.15, 0.2) is 0 Å². The zero-order valence-electron chi connectivity index (χ0n) is 11.1. The Morgan fingerprint density at radius 3 is 2.06 bits per heavy atom. The van der Waals surface area contributed by atoms with Gasteiger partial charge in [-0.05, 0) is 31.8 Å². The van der Waals surface area contributed by atoms with Crippen LogP contribution in [0.1, 0.15) is 58.8 Å². The Morgan fingerprint density at radius 2 is 1.47 bits per heavy atom. The van der Waals surface area contributed by atoms with Crippen molar-refractivity contribution in [2.75, 3.05) is 13.1 Å². The van der Waals surface area contributed by atoms with Gasteiger partial charge in [-0.1, -0.05) is 39.5 Å². The molecule has 0 aromatic carbocycles. The minimum atomic E-state index is -4.00. The maximum Gasteiger partial charge on any atom is 0.389 e. The van der Waals surface area contributed by atoms with E-state index in [1.165, 1.54) is 25.7 Å². The van der Waals surface area contributed by atoms with Crippen molar-refractivity contribution in [3.63, 3.8) is 0 Å². The Kier molecular flexibility index (Phi) is 9.60. The summed E-state index contributed by atoms with van der Waals surface area (Å²) in [7, 11) is 0. The molecule has 0 aliphatic rings. The van der Waals surface area contributed by atoms with Crippen LogP contribution in [0.2, 0.25) is 0 Å². The molecule has 0 radical (unpaired) electrons. The summed E-state index contributed by atoms with van der Waals surface area (Å²) in [5, 5.41) is 3.06. The van der Waals surface area contributed by atoms with Crippen LogP contribution < -0.4 is 5.32 Å². The second-order valence-electron chi connectivity index (χ2n) is 5.07. The van der Waals surface area contributed by atoms with Crippen LogP contribution in [0.25, 0.3) is 0 Å². The summed E-state index contributed by atoms with van der Waals surface area (Å²) in [5.41, 5.74) is 0. The summed E-state index contributed by atoms with van der Waals surface area (Å²) < 4.78 is 35.4. The van der Waals surface area contributed by atoms with Crippen LogP contribution in [0.3, 0.4) is 0 Å². The lowest BCUT2D eigenvalue weighted by Crippen LogP contribution is -2.19. The molecule has 0 aromatic heterocycles. The van der Waals surface area contributed by atoms with Gasteiger partial charge in [-0.2, -0.15) is 13.2 Å². The van der Waals surface area contributed by atoms with Gasteiger partial charge in [-0.25, -0.2) is 0 Å². The van der Waals surface area contributed by atoms with Crippen molar-refractivity contribution in [2.45, 2.75) is 65.0 Å². The number of halogens is 3. The van der Waals surface area contributed by atoms with E-state index in [-0.39, 0.29) is 6.42 Å². The topological polar surface area (TPSA) is 12.0 Å². The molecule has 0 atom stereocenters. The van der Waals surface area contributed by atoms with Crippen molar-refractivity contribution >= 4 is 0 Å². The second kappa shape index (κ2) is 9.75. The highest BCUT2D eigenvalue weighted by molar-refractivity contribution is 4.55. The Labute approximate surface area is 103 Å². The van der Waals surface area contributed by atoms with E-state index in [4.69, 9.17) is 0 Å². The standard InChI is InChI=1S/C13H26F3N/c1-12(2)8-5-3-4-6-10-17-11-7-9-13(14,15)16/h12,17H,3-11H2,1-2H3. The molecule has 0 saturated heterocycles. The number of alkyl halides is 3. The maximum atomic E-state index is 11.8. The van der Waals surface area contributed by atoms with Gasteiger partial charge in [0, 0.05) is 6.42 Å². The largest absolute Gasteiger partial charge is 0.389 e. The Morgan fingerprint density at radius 1 is 0.882 bits per heavy atom. The average molecular weight is 253 g/mol. The van der Waals surface area contributed by atoms with Gasteiger partial charge in [0.05, 0.1) is 0 Å². The fourth-order valence-electron chi connectivity index (χ4n) is 1.69. The third-order valence-electron chi connectivity index (χ3n) is 2.70. The summed E-state index contributed by atoms with van der Waals surface area (Å²) in [6.45, 7) is 5.77. The van der Waals surface area contributed by atoms with E-state index in [1.807, 2.05) is 0 Å². The van der Waals surface area contributed by atoms with Crippen molar-refractivity contribution in [3.8, 4) is 0 Å². The number of hydrogen-bond acceptors (Lipinski definition) is 1. The first-order valence-electron chi connectivity index (χ1n) is 6.69. The van der Waals surface area contributed by atoms with Gasteiger partial charge in [0.15, 0.2) is 0 Å². The summed E-state index contributed by atoms with van der Waals surface area (Å²) in [6, 6.07) is 0. The molecule has 0 rings (SSSR count). The normalized spacial score (nSPS) is 12.4. The molecule has 4 heteroatoms. The van der Waals surface area contributed by atoms with E-state index < -0.39 is 12.6 Å². The summed E-state index contributed by atoms with van der Waals surface area (Å²) in [6.07, 6.45) is 1.56. The van der Waals surface area contributed by atoms with E-state index >= 15 is 0 Å². The molecule has 0 unspecified atom stereocenters. The Balaban J connectivity index is 3.04. The molecular formula is C13H26F3N. The monoisotopic (exact) mass is 253 g/mol. The maximum absolute atomic E-state index is 11.8. The quantitative estimate of drug-likeness (QED) is 0.564. The Bertz CT molecular complexity index is 167. The van der Waals surface area contributed by atoms with Crippen molar-refractivity contribution in [1.29, 1.82) is 0 Å². The summed E-state index contributed by atoms with van der Waals surface area (Å²) >= 11 is 0. The fourth-order valence-corrected chi connectivity index (χ4v) is 1.69. The smallest absolute Gasteiger partial charge is 0.317 e. The molecule has 0 heterocycles. The van der Waals surface area contributed by atoms with Crippen molar-refractivity contribution < 1.29 is 13.2 Å². The van der Waals surface area contributed by atoms with Crippen molar-refractivity contribution in [2.24, 2.45) is 5.92 Å². The molecule has 0 spiro atoms. The van der Waals surface area contributed by atoms with E-state index in [1.54, 1.807) is 0 Å². The lowest BCUT2D eigenvalue weighted by Gasteiger charge is -2.07. The molecular weight excluding hydrogens is 227 g/mol. The first-order chi connectivity index (χ1) is 7.92. The van der Waals surface area contributed by atoms with Gasteiger partial charge in [0.2, 0.25) is 0 Å². The minimum Gasteiger partial charge on any atom is -0.317 e. The predicted octanol–water partition coefficient (Wildman–Crippen LogP) is 4.53. The second-order valence-corrected chi connectivity index (χ2v) is 5.07. The number of unbranched alkanes of at least 4 members (excludes halogenated alkanes) is 3. The van der Waals surface area contributed by atoms with Crippen LogP contribution >= 0.6 is 0 Å². The van der Waals surface area contributed by atoms with E-state index in [0.29, 0.717) is 6.54 Å². The van der Waals surface area contributed by atoms with Crippen LogP contribution in [0.5, 0.6) is 0 Å². The number of nitrogens with one attached hydrogen (secondary N) is 1. The van der Waals surface area contributed by atoms with E-state index in [0.717, 1.165) is 18.9 Å². The SMILES string of the molecule is CC(C)CCCCCCNCCCC(F)(F)F. The molecule has 0 fully saturated rings. The van der Waals surface area contributed by atoms with Gasteiger partial charge >= 0.3 is 6.18 Å². The van der Waals surface area contributed by atoms with Crippen molar-refractivity contribution in [1.82, 2.24) is 5.32 Å². The zero-order valence-corrected chi connectivity index (χ0v) is 11.1. The molecule has 0 aliphatic carbocycles. The molecule has 0 amide bonds. The first kappa shape index (κ1) is 16.8. The van der Waals surface area contributed by atoms with Crippen LogP contribution in [-0.4, -0.2) is 19.3 Å². The number of rotatable bonds is 10. The minimum absolute atomic E-state index is 0.191. The highest BCUT2D eigenvalue weighted by atomic mass is 19.4. The lowest BCUT2D eigenvalue weighted by atomic mass is 10.0. The first-order valence-corrected chi connectivity index (χ1v) is 6.69. The lowest BCUT2D eigenvalue weighted by molar-refractivity contribution is -0.135. The molecule has 17 heavy (non-hydrogen) atoms. The highest BCUT2D eigenvalue weighted by Gasteiger charge is 2.25. The molecule has 1 nitrogen and oxygen atoms in total. The van der Waals surface area contributed by atoms with Gasteiger partial charge < -0.3 is 5.32 Å². The zero-order chi connectivity index (χ0) is 13.1. The molecule has 0 aromatic rings. The van der Waals surface area contributed by atoms with E-state index in [9.17, 15) is 13.2 Å². The van der Waals surface area contributed by atoms with Gasteiger partial charge in [-0.15, -0.1) is 0 Å². The van der Waals surface area contributed by atoms with Crippen LogP contribution in [0.4, 0.5) is 13.2 Å². The molecule has 104 valence electrons.